The van der Waals surface area contributed by atoms with Crippen molar-refractivity contribution in [1.29, 1.82) is 0 Å². The van der Waals surface area contributed by atoms with E-state index in [0.717, 1.165) is 22.4 Å². The molecule has 0 unspecified atom stereocenters. The van der Waals surface area contributed by atoms with Crippen LogP contribution in [0.15, 0.2) is 95.2 Å². The molecule has 3 aromatic carbocycles. The van der Waals surface area contributed by atoms with Crippen molar-refractivity contribution in [2.45, 2.75) is 0 Å². The zero-order valence-electron chi connectivity index (χ0n) is 14.7. The van der Waals surface area contributed by atoms with E-state index in [1.165, 1.54) is 0 Å². The van der Waals surface area contributed by atoms with Crippen LogP contribution in [0.3, 0.4) is 0 Å². The summed E-state index contributed by atoms with van der Waals surface area (Å²) in [7, 11) is 0. The first-order valence-corrected chi connectivity index (χ1v) is 8.68. The monoisotopic (exact) mass is 366 g/mol. The SMILES string of the molecule is c1ccc(N=Nc2nc(-n3nnc4ccccc43)nn2-c2ccccc2)cc1. The van der Waals surface area contributed by atoms with Crippen molar-refractivity contribution in [1.82, 2.24) is 29.8 Å². The minimum absolute atomic E-state index is 0.352. The first-order valence-electron chi connectivity index (χ1n) is 8.68. The van der Waals surface area contributed by atoms with Crippen molar-refractivity contribution < 1.29 is 0 Å². The van der Waals surface area contributed by atoms with Crippen LogP contribution in [0, 0.1) is 0 Å². The summed E-state index contributed by atoms with van der Waals surface area (Å²) in [4.78, 5) is 4.55. The summed E-state index contributed by atoms with van der Waals surface area (Å²) in [5.74, 6) is 0.726. The zero-order valence-corrected chi connectivity index (χ0v) is 14.7. The fraction of sp³-hybridized carbons (Fsp3) is 0. The van der Waals surface area contributed by atoms with Crippen LogP contribution in [0.5, 0.6) is 0 Å². The van der Waals surface area contributed by atoms with Crippen LogP contribution in [-0.2, 0) is 0 Å². The smallest absolute Gasteiger partial charge is 0.194 e. The summed E-state index contributed by atoms with van der Waals surface area (Å²) in [6, 6.07) is 26.8. The number of azo groups is 1. The molecular weight excluding hydrogens is 352 g/mol. The Kier molecular flexibility index (Phi) is 3.91. The summed E-state index contributed by atoms with van der Waals surface area (Å²) in [6.45, 7) is 0. The highest BCUT2D eigenvalue weighted by Gasteiger charge is 2.16. The Balaban J connectivity index is 1.64. The molecule has 134 valence electrons. The molecule has 0 bridgehead atoms. The van der Waals surface area contributed by atoms with Gasteiger partial charge in [0.05, 0.1) is 16.9 Å². The molecule has 8 heteroatoms. The van der Waals surface area contributed by atoms with Crippen molar-refractivity contribution in [2.24, 2.45) is 10.2 Å². The highest BCUT2D eigenvalue weighted by atomic mass is 15.5. The molecule has 0 spiro atoms. The highest BCUT2D eigenvalue weighted by Crippen LogP contribution is 2.22. The molecule has 5 aromatic rings. The first-order chi connectivity index (χ1) is 13.9. The molecule has 2 aromatic heterocycles. The number of aromatic nitrogens is 6. The van der Waals surface area contributed by atoms with Crippen LogP contribution < -0.4 is 0 Å². The van der Waals surface area contributed by atoms with E-state index in [1.54, 1.807) is 9.36 Å². The van der Waals surface area contributed by atoms with Gasteiger partial charge in [-0.3, -0.25) is 0 Å². The predicted octanol–water partition coefficient (Wildman–Crippen LogP) is 4.42. The molecule has 0 atom stereocenters. The molecule has 0 saturated heterocycles. The van der Waals surface area contributed by atoms with Gasteiger partial charge in [-0.2, -0.15) is 14.3 Å². The third kappa shape index (κ3) is 2.92. The number of para-hydroxylation sites is 2. The van der Waals surface area contributed by atoms with Crippen molar-refractivity contribution >= 4 is 22.7 Å². The summed E-state index contributed by atoms with van der Waals surface area (Å²) in [5.41, 5.74) is 3.15. The normalized spacial score (nSPS) is 11.4. The van der Waals surface area contributed by atoms with Crippen LogP contribution in [0.25, 0.3) is 22.7 Å². The van der Waals surface area contributed by atoms with Crippen LogP contribution in [0.2, 0.25) is 0 Å². The van der Waals surface area contributed by atoms with Gasteiger partial charge in [0.2, 0.25) is 0 Å². The Labute approximate surface area is 159 Å². The Morgan fingerprint density at radius 2 is 1.39 bits per heavy atom. The molecule has 0 aliphatic carbocycles. The average molecular weight is 366 g/mol. The number of fused-ring (bicyclic) bond motifs is 1. The lowest BCUT2D eigenvalue weighted by atomic mass is 10.3. The van der Waals surface area contributed by atoms with E-state index < -0.39 is 0 Å². The van der Waals surface area contributed by atoms with Gasteiger partial charge in [0, 0.05) is 0 Å². The average Bonchev–Trinajstić information content (AvgIpc) is 3.38. The van der Waals surface area contributed by atoms with Crippen LogP contribution >= 0.6 is 0 Å². The minimum atomic E-state index is 0.352. The van der Waals surface area contributed by atoms with Crippen molar-refractivity contribution in [3.8, 4) is 11.6 Å². The molecule has 0 amide bonds. The number of hydrogen-bond donors (Lipinski definition) is 0. The lowest BCUT2D eigenvalue weighted by Gasteiger charge is -2.00. The number of nitrogens with zero attached hydrogens (tertiary/aromatic N) is 8. The maximum absolute atomic E-state index is 4.60. The molecule has 0 fully saturated rings. The molecule has 0 N–H and O–H groups in total. The van der Waals surface area contributed by atoms with Gasteiger partial charge in [0.15, 0.2) is 0 Å². The minimum Gasteiger partial charge on any atom is -0.194 e. The quantitative estimate of drug-likeness (QED) is 0.441. The fourth-order valence-corrected chi connectivity index (χ4v) is 2.80. The number of rotatable bonds is 4. The second-order valence-electron chi connectivity index (χ2n) is 5.98. The van der Waals surface area contributed by atoms with Gasteiger partial charge in [-0.05, 0) is 36.4 Å². The predicted molar refractivity (Wildman–Crippen MR) is 104 cm³/mol. The van der Waals surface area contributed by atoms with Crippen LogP contribution in [-0.4, -0.2) is 29.8 Å². The first kappa shape index (κ1) is 16.0. The van der Waals surface area contributed by atoms with E-state index in [-0.39, 0.29) is 0 Å². The van der Waals surface area contributed by atoms with Crippen molar-refractivity contribution in [2.75, 3.05) is 0 Å². The molecule has 0 aliphatic heterocycles. The van der Waals surface area contributed by atoms with Crippen LogP contribution in [0.4, 0.5) is 11.6 Å². The van der Waals surface area contributed by atoms with E-state index in [0.29, 0.717) is 11.9 Å². The maximum Gasteiger partial charge on any atom is 0.274 e. The topological polar surface area (TPSA) is 86.1 Å². The lowest BCUT2D eigenvalue weighted by molar-refractivity contribution is 0.760. The Morgan fingerprint density at radius 3 is 2.21 bits per heavy atom. The fourth-order valence-electron chi connectivity index (χ4n) is 2.80. The van der Waals surface area contributed by atoms with Gasteiger partial charge in [0.25, 0.3) is 11.9 Å². The van der Waals surface area contributed by atoms with E-state index in [9.17, 15) is 0 Å². The third-order valence-electron chi connectivity index (χ3n) is 4.13. The summed E-state index contributed by atoms with van der Waals surface area (Å²) in [5, 5.41) is 21.5. The molecular formula is C20H14N8. The van der Waals surface area contributed by atoms with Gasteiger partial charge in [-0.25, -0.2) is 0 Å². The lowest BCUT2D eigenvalue weighted by Crippen LogP contribution is -2.01. The van der Waals surface area contributed by atoms with Crippen LogP contribution in [0.1, 0.15) is 0 Å². The highest BCUT2D eigenvalue weighted by molar-refractivity contribution is 5.75. The summed E-state index contributed by atoms with van der Waals surface area (Å²) < 4.78 is 3.23. The number of benzene rings is 3. The Morgan fingerprint density at radius 1 is 0.679 bits per heavy atom. The Hall–Kier alpha value is -4.20. The van der Waals surface area contributed by atoms with E-state index in [2.05, 4.69) is 30.6 Å². The standard InChI is InChI=1S/C20H14N8/c1-3-9-15(10-4-1)22-24-19-21-20(25-27(19)16-11-5-2-6-12-16)28-18-14-8-7-13-17(18)23-26-28/h1-14H. The maximum atomic E-state index is 4.60. The van der Waals surface area contributed by atoms with Gasteiger partial charge < -0.3 is 0 Å². The van der Waals surface area contributed by atoms with E-state index >= 15 is 0 Å². The second-order valence-corrected chi connectivity index (χ2v) is 5.98. The van der Waals surface area contributed by atoms with E-state index in [1.807, 2.05) is 84.9 Å². The summed E-state index contributed by atoms with van der Waals surface area (Å²) >= 11 is 0. The molecule has 28 heavy (non-hydrogen) atoms. The molecule has 8 nitrogen and oxygen atoms in total. The Bertz CT molecular complexity index is 1260. The summed E-state index contributed by atoms with van der Waals surface area (Å²) in [6.07, 6.45) is 0. The molecule has 0 radical (unpaired) electrons. The van der Waals surface area contributed by atoms with Gasteiger partial charge >= 0.3 is 0 Å². The van der Waals surface area contributed by atoms with Crippen molar-refractivity contribution in [3.05, 3.63) is 84.9 Å². The van der Waals surface area contributed by atoms with E-state index in [4.69, 9.17) is 0 Å². The molecule has 5 rings (SSSR count). The van der Waals surface area contributed by atoms with Crippen molar-refractivity contribution in [3.63, 3.8) is 0 Å². The largest absolute Gasteiger partial charge is 0.274 e. The van der Waals surface area contributed by atoms with Gasteiger partial charge in [-0.15, -0.1) is 20.4 Å². The third-order valence-corrected chi connectivity index (χ3v) is 4.13. The molecule has 0 aliphatic rings. The zero-order chi connectivity index (χ0) is 18.8. The van der Waals surface area contributed by atoms with Gasteiger partial charge in [-0.1, -0.05) is 53.7 Å². The second kappa shape index (κ2) is 6.84. The van der Waals surface area contributed by atoms with Gasteiger partial charge in [0.1, 0.15) is 5.52 Å². The molecule has 2 heterocycles. The molecule has 0 saturated carbocycles. The number of hydrogen-bond acceptors (Lipinski definition) is 6.